The molecule has 1 unspecified atom stereocenters. The third-order valence-electron chi connectivity index (χ3n) is 4.36. The highest BCUT2D eigenvalue weighted by Gasteiger charge is 2.42. The Bertz CT molecular complexity index is 368. The molecule has 1 saturated heterocycles. The van der Waals surface area contributed by atoms with Gasteiger partial charge in [0.1, 0.15) is 11.9 Å². The van der Waals surface area contributed by atoms with Gasteiger partial charge in [-0.3, -0.25) is 0 Å². The van der Waals surface area contributed by atoms with E-state index >= 15 is 0 Å². The van der Waals surface area contributed by atoms with Crippen LogP contribution in [-0.2, 0) is 9.53 Å². The lowest BCUT2D eigenvalue weighted by molar-refractivity contribution is -0.112. The van der Waals surface area contributed by atoms with Crippen molar-refractivity contribution in [2.24, 2.45) is 11.3 Å². The van der Waals surface area contributed by atoms with Crippen LogP contribution in [0.3, 0.4) is 0 Å². The maximum Gasteiger partial charge on any atom is 0.410 e. The summed E-state index contributed by atoms with van der Waals surface area (Å²) in [5.74, 6) is 0.522. The monoisotopic (exact) mass is 281 g/mol. The van der Waals surface area contributed by atoms with E-state index in [9.17, 15) is 9.59 Å². The van der Waals surface area contributed by atoms with Gasteiger partial charge >= 0.3 is 6.09 Å². The van der Waals surface area contributed by atoms with Crippen LogP contribution in [0.4, 0.5) is 4.79 Å². The van der Waals surface area contributed by atoms with Gasteiger partial charge in [0.05, 0.1) is 0 Å². The Morgan fingerprint density at radius 2 is 2.10 bits per heavy atom. The van der Waals surface area contributed by atoms with Crippen molar-refractivity contribution >= 4 is 12.4 Å². The fourth-order valence-corrected chi connectivity index (χ4v) is 2.87. The third-order valence-corrected chi connectivity index (χ3v) is 4.36. The average Bonchev–Trinajstić information content (AvgIpc) is 3.15. The highest BCUT2D eigenvalue weighted by Crippen LogP contribution is 2.48. The molecule has 2 aliphatic rings. The zero-order valence-corrected chi connectivity index (χ0v) is 13.0. The van der Waals surface area contributed by atoms with Gasteiger partial charge in [0.15, 0.2) is 0 Å². The molecule has 114 valence electrons. The summed E-state index contributed by atoms with van der Waals surface area (Å²) >= 11 is 0. The van der Waals surface area contributed by atoms with Gasteiger partial charge in [-0.1, -0.05) is 0 Å². The van der Waals surface area contributed by atoms with Gasteiger partial charge < -0.3 is 14.4 Å². The molecular formula is C16H27NO3. The summed E-state index contributed by atoms with van der Waals surface area (Å²) in [4.78, 5) is 24.9. The van der Waals surface area contributed by atoms with E-state index in [-0.39, 0.29) is 11.5 Å². The van der Waals surface area contributed by atoms with Crippen molar-refractivity contribution < 1.29 is 14.3 Å². The highest BCUT2D eigenvalue weighted by molar-refractivity contribution is 5.68. The molecule has 2 rings (SSSR count). The molecule has 2 fully saturated rings. The van der Waals surface area contributed by atoms with E-state index in [1.54, 1.807) is 0 Å². The predicted octanol–water partition coefficient (Wildman–Crippen LogP) is 3.39. The normalized spacial score (nSPS) is 25.1. The van der Waals surface area contributed by atoms with E-state index in [1.165, 1.54) is 0 Å². The van der Waals surface area contributed by atoms with Gasteiger partial charge in [-0.15, -0.1) is 0 Å². The molecule has 1 amide bonds. The smallest absolute Gasteiger partial charge is 0.410 e. The van der Waals surface area contributed by atoms with Crippen LogP contribution in [0.15, 0.2) is 0 Å². The molecule has 20 heavy (non-hydrogen) atoms. The molecule has 0 aromatic rings. The number of hydrogen-bond donors (Lipinski definition) is 0. The quantitative estimate of drug-likeness (QED) is 0.742. The molecule has 0 radical (unpaired) electrons. The van der Waals surface area contributed by atoms with Crippen molar-refractivity contribution in [3.8, 4) is 0 Å². The van der Waals surface area contributed by atoms with Gasteiger partial charge in [0.2, 0.25) is 0 Å². The topological polar surface area (TPSA) is 46.6 Å². The second-order valence-corrected chi connectivity index (χ2v) is 7.45. The van der Waals surface area contributed by atoms with Crippen molar-refractivity contribution in [3.05, 3.63) is 0 Å². The minimum Gasteiger partial charge on any atom is -0.444 e. The van der Waals surface area contributed by atoms with Crippen LogP contribution in [0, 0.1) is 11.3 Å². The van der Waals surface area contributed by atoms with Gasteiger partial charge in [-0.25, -0.2) is 4.79 Å². The Morgan fingerprint density at radius 3 is 2.65 bits per heavy atom. The lowest BCUT2D eigenvalue weighted by Crippen LogP contribution is -2.43. The van der Waals surface area contributed by atoms with E-state index in [0.29, 0.717) is 5.92 Å². The van der Waals surface area contributed by atoms with E-state index in [1.807, 2.05) is 25.7 Å². The second-order valence-electron chi connectivity index (χ2n) is 7.45. The van der Waals surface area contributed by atoms with Crippen LogP contribution < -0.4 is 0 Å². The number of carbonyl (C=O) groups is 2. The number of aldehydes is 1. The molecule has 4 nitrogen and oxygen atoms in total. The number of likely N-dealkylation sites (tertiary alicyclic amines) is 1. The van der Waals surface area contributed by atoms with Crippen LogP contribution in [0.25, 0.3) is 0 Å². The molecule has 0 spiro atoms. The standard InChI is InChI=1S/C16H27NO3/c1-15(2,3)20-14(19)17-10-4-5-13(11-17)6-7-16(12-18)8-9-16/h12-13H,4-11H2,1-3H3. The minimum absolute atomic E-state index is 0.00576. The summed E-state index contributed by atoms with van der Waals surface area (Å²) in [5, 5.41) is 0. The maximum absolute atomic E-state index is 12.1. The zero-order chi connectivity index (χ0) is 14.8. The zero-order valence-electron chi connectivity index (χ0n) is 13.0. The number of ether oxygens (including phenoxy) is 1. The van der Waals surface area contributed by atoms with Gasteiger partial charge in [-0.05, 0) is 65.2 Å². The van der Waals surface area contributed by atoms with Crippen molar-refractivity contribution in [3.63, 3.8) is 0 Å². The highest BCUT2D eigenvalue weighted by atomic mass is 16.6. The van der Waals surface area contributed by atoms with E-state index in [0.717, 1.165) is 57.9 Å². The number of hydrogen-bond acceptors (Lipinski definition) is 3. The summed E-state index contributed by atoms with van der Waals surface area (Å²) in [7, 11) is 0. The van der Waals surface area contributed by atoms with E-state index in [2.05, 4.69) is 0 Å². The second kappa shape index (κ2) is 5.74. The van der Waals surface area contributed by atoms with E-state index in [4.69, 9.17) is 4.74 Å². The first-order valence-corrected chi connectivity index (χ1v) is 7.78. The first-order chi connectivity index (χ1) is 9.34. The van der Waals surface area contributed by atoms with Crippen LogP contribution in [-0.4, -0.2) is 36.0 Å². The summed E-state index contributed by atoms with van der Waals surface area (Å²) in [6, 6.07) is 0. The van der Waals surface area contributed by atoms with Crippen molar-refractivity contribution in [1.82, 2.24) is 4.90 Å². The van der Waals surface area contributed by atoms with Crippen molar-refractivity contribution in [1.29, 1.82) is 0 Å². The van der Waals surface area contributed by atoms with Crippen LogP contribution in [0.5, 0.6) is 0 Å². The lowest BCUT2D eigenvalue weighted by atomic mass is 9.89. The number of rotatable bonds is 4. The first-order valence-electron chi connectivity index (χ1n) is 7.78. The van der Waals surface area contributed by atoms with Gasteiger partial charge in [0.25, 0.3) is 0 Å². The van der Waals surface area contributed by atoms with Gasteiger partial charge in [-0.2, -0.15) is 0 Å². The van der Waals surface area contributed by atoms with Gasteiger partial charge in [0, 0.05) is 18.5 Å². The van der Waals surface area contributed by atoms with E-state index < -0.39 is 5.60 Å². The molecule has 0 aromatic heterocycles. The first kappa shape index (κ1) is 15.3. The molecule has 0 bridgehead atoms. The summed E-state index contributed by atoms with van der Waals surface area (Å²) in [6.07, 6.45) is 7.30. The summed E-state index contributed by atoms with van der Waals surface area (Å²) in [5.41, 5.74) is -0.437. The number of carbonyl (C=O) groups excluding carboxylic acids is 2. The number of nitrogens with zero attached hydrogens (tertiary/aromatic N) is 1. The van der Waals surface area contributed by atoms with Crippen LogP contribution in [0.1, 0.15) is 59.3 Å². The van der Waals surface area contributed by atoms with Crippen LogP contribution in [0.2, 0.25) is 0 Å². The molecule has 4 heteroatoms. The Labute approximate surface area is 121 Å². The lowest BCUT2D eigenvalue weighted by Gasteiger charge is -2.34. The molecule has 0 aromatic carbocycles. The molecule has 1 saturated carbocycles. The Kier molecular flexibility index (Phi) is 4.40. The Hall–Kier alpha value is -1.06. The minimum atomic E-state index is -0.431. The molecular weight excluding hydrogens is 254 g/mol. The summed E-state index contributed by atoms with van der Waals surface area (Å²) < 4.78 is 5.44. The third kappa shape index (κ3) is 4.22. The summed E-state index contributed by atoms with van der Waals surface area (Å²) in [6.45, 7) is 7.27. The van der Waals surface area contributed by atoms with Crippen molar-refractivity contribution in [2.45, 2.75) is 64.9 Å². The average molecular weight is 281 g/mol. The molecule has 1 aliphatic carbocycles. The predicted molar refractivity (Wildman–Crippen MR) is 77.5 cm³/mol. The number of piperidine rings is 1. The fraction of sp³-hybridized carbons (Fsp3) is 0.875. The largest absolute Gasteiger partial charge is 0.444 e. The molecule has 1 atom stereocenters. The Balaban J connectivity index is 1.79. The Morgan fingerprint density at radius 1 is 1.40 bits per heavy atom. The molecule has 1 aliphatic heterocycles. The number of amides is 1. The maximum atomic E-state index is 12.1. The molecule has 0 N–H and O–H groups in total. The fourth-order valence-electron chi connectivity index (χ4n) is 2.87. The van der Waals surface area contributed by atoms with Crippen molar-refractivity contribution in [2.75, 3.05) is 13.1 Å². The SMILES string of the molecule is CC(C)(C)OC(=O)N1CCCC(CCC2(C=O)CC2)C1. The molecule has 1 heterocycles. The van der Waals surface area contributed by atoms with Crippen LogP contribution >= 0.6 is 0 Å².